The number of amides is 1. The lowest BCUT2D eigenvalue weighted by Gasteiger charge is -2.10. The van der Waals surface area contributed by atoms with Gasteiger partial charge in [-0.25, -0.2) is 0 Å². The van der Waals surface area contributed by atoms with Crippen molar-refractivity contribution in [2.45, 2.75) is 19.3 Å². The Morgan fingerprint density at radius 1 is 1.30 bits per heavy atom. The summed E-state index contributed by atoms with van der Waals surface area (Å²) >= 11 is 7.06. The molecule has 1 aromatic heterocycles. The van der Waals surface area contributed by atoms with Crippen LogP contribution in [-0.2, 0) is 17.6 Å². The van der Waals surface area contributed by atoms with E-state index in [1.807, 2.05) is 6.07 Å². The second kappa shape index (κ2) is 6.72. The van der Waals surface area contributed by atoms with Gasteiger partial charge < -0.3 is 10.1 Å². The molecule has 0 atom stereocenters. The largest absolute Gasteiger partial charge is 0.496 e. The third-order valence-corrected chi connectivity index (χ3v) is 5.32. The number of halogens is 1. The van der Waals surface area contributed by atoms with Crippen LogP contribution in [0.1, 0.15) is 32.8 Å². The molecule has 0 saturated heterocycles. The van der Waals surface area contributed by atoms with E-state index in [0.29, 0.717) is 21.9 Å². The lowest BCUT2D eigenvalue weighted by molar-refractivity contribution is -0.113. The van der Waals surface area contributed by atoms with Crippen LogP contribution in [0.25, 0.3) is 0 Å². The summed E-state index contributed by atoms with van der Waals surface area (Å²) in [4.78, 5) is 25.9. The molecular weight excluding hydrogens is 334 g/mol. The number of ketones is 1. The molecule has 1 aliphatic rings. The average molecular weight is 350 g/mol. The van der Waals surface area contributed by atoms with E-state index in [-0.39, 0.29) is 17.6 Å². The standard InChI is InChI=1S/C17H16ClNO3S/c1-22-12-7-3-2-5-10(12)16(21)15-11-6-4-8-13(11)23-17(15)19-14(20)9-18/h2-3,5,7H,4,6,8-9H2,1H3,(H,19,20). The van der Waals surface area contributed by atoms with Crippen molar-refractivity contribution in [1.82, 2.24) is 0 Å². The van der Waals surface area contributed by atoms with Crippen molar-refractivity contribution in [3.8, 4) is 5.75 Å². The van der Waals surface area contributed by atoms with Crippen molar-refractivity contribution in [2.24, 2.45) is 0 Å². The average Bonchev–Trinajstić information content (AvgIpc) is 3.14. The van der Waals surface area contributed by atoms with Gasteiger partial charge in [-0.15, -0.1) is 22.9 Å². The van der Waals surface area contributed by atoms with Crippen LogP contribution in [0.2, 0.25) is 0 Å². The first kappa shape index (κ1) is 16.0. The third-order valence-electron chi connectivity index (χ3n) is 3.87. The number of hydrogen-bond acceptors (Lipinski definition) is 4. The molecule has 0 unspecified atom stereocenters. The molecule has 1 N–H and O–H groups in total. The third kappa shape index (κ3) is 2.99. The van der Waals surface area contributed by atoms with Gasteiger partial charge in [0.25, 0.3) is 0 Å². The van der Waals surface area contributed by atoms with Crippen LogP contribution in [0.4, 0.5) is 5.00 Å². The van der Waals surface area contributed by atoms with Crippen molar-refractivity contribution in [3.63, 3.8) is 0 Å². The fraction of sp³-hybridized carbons (Fsp3) is 0.294. The zero-order valence-electron chi connectivity index (χ0n) is 12.6. The minimum atomic E-state index is -0.305. The van der Waals surface area contributed by atoms with Gasteiger partial charge in [0.2, 0.25) is 5.91 Å². The summed E-state index contributed by atoms with van der Waals surface area (Å²) < 4.78 is 5.30. The summed E-state index contributed by atoms with van der Waals surface area (Å²) in [5, 5.41) is 3.36. The van der Waals surface area contributed by atoms with E-state index in [1.165, 1.54) is 16.2 Å². The number of ether oxygens (including phenoxy) is 1. The summed E-state index contributed by atoms with van der Waals surface area (Å²) in [5.41, 5.74) is 2.14. The van der Waals surface area contributed by atoms with Gasteiger partial charge in [-0.3, -0.25) is 9.59 Å². The first-order chi connectivity index (χ1) is 11.2. The van der Waals surface area contributed by atoms with Crippen molar-refractivity contribution >= 4 is 39.6 Å². The number of para-hydroxylation sites is 1. The second-order valence-electron chi connectivity index (χ2n) is 5.27. The number of aryl methyl sites for hydroxylation is 1. The van der Waals surface area contributed by atoms with Crippen molar-refractivity contribution < 1.29 is 14.3 Å². The number of carbonyl (C=O) groups excluding carboxylic acids is 2. The Morgan fingerprint density at radius 3 is 2.83 bits per heavy atom. The smallest absolute Gasteiger partial charge is 0.239 e. The van der Waals surface area contributed by atoms with E-state index in [1.54, 1.807) is 25.3 Å². The molecule has 6 heteroatoms. The van der Waals surface area contributed by atoms with Crippen LogP contribution >= 0.6 is 22.9 Å². The molecule has 4 nitrogen and oxygen atoms in total. The summed E-state index contributed by atoms with van der Waals surface area (Å²) in [6, 6.07) is 7.13. The van der Waals surface area contributed by atoms with Crippen LogP contribution in [0, 0.1) is 0 Å². The van der Waals surface area contributed by atoms with Crippen molar-refractivity contribution in [2.75, 3.05) is 18.3 Å². The molecule has 1 amide bonds. The predicted octanol–water partition coefficient (Wildman–Crippen LogP) is 3.65. The number of methoxy groups -OCH3 is 1. The highest BCUT2D eigenvalue weighted by atomic mass is 35.5. The first-order valence-electron chi connectivity index (χ1n) is 7.33. The van der Waals surface area contributed by atoms with Gasteiger partial charge in [0, 0.05) is 4.88 Å². The summed E-state index contributed by atoms with van der Waals surface area (Å²) in [6.45, 7) is 0. The number of thiophene rings is 1. The Kier molecular flexibility index (Phi) is 4.68. The monoisotopic (exact) mass is 349 g/mol. The Bertz CT molecular complexity index is 769. The summed E-state index contributed by atoms with van der Waals surface area (Å²) in [5.74, 6) is -0.0253. The number of benzene rings is 1. The summed E-state index contributed by atoms with van der Waals surface area (Å²) in [7, 11) is 1.54. The number of anilines is 1. The van der Waals surface area contributed by atoms with Gasteiger partial charge >= 0.3 is 0 Å². The Morgan fingerprint density at radius 2 is 2.09 bits per heavy atom. The number of alkyl halides is 1. The molecule has 0 aliphatic heterocycles. The molecule has 0 bridgehead atoms. The molecule has 0 spiro atoms. The number of hydrogen-bond donors (Lipinski definition) is 1. The highest BCUT2D eigenvalue weighted by molar-refractivity contribution is 7.17. The predicted molar refractivity (Wildman–Crippen MR) is 92.1 cm³/mol. The van der Waals surface area contributed by atoms with E-state index in [2.05, 4.69) is 5.32 Å². The van der Waals surface area contributed by atoms with Gasteiger partial charge in [0.15, 0.2) is 5.78 Å². The van der Waals surface area contributed by atoms with Crippen LogP contribution in [-0.4, -0.2) is 24.7 Å². The number of nitrogens with one attached hydrogen (secondary N) is 1. The van der Waals surface area contributed by atoms with Gasteiger partial charge in [-0.05, 0) is 37.0 Å². The highest BCUT2D eigenvalue weighted by Crippen LogP contribution is 2.41. The van der Waals surface area contributed by atoms with Gasteiger partial charge in [-0.1, -0.05) is 12.1 Å². The SMILES string of the molecule is COc1ccccc1C(=O)c1c(NC(=O)CCl)sc2c1CCC2. The van der Waals surface area contributed by atoms with Crippen LogP contribution < -0.4 is 10.1 Å². The van der Waals surface area contributed by atoms with E-state index < -0.39 is 0 Å². The Labute approximate surface area is 143 Å². The molecule has 0 radical (unpaired) electrons. The van der Waals surface area contributed by atoms with Gasteiger partial charge in [0.1, 0.15) is 16.6 Å². The van der Waals surface area contributed by atoms with Crippen molar-refractivity contribution in [3.05, 3.63) is 45.8 Å². The summed E-state index contributed by atoms with van der Waals surface area (Å²) in [6.07, 6.45) is 2.85. The van der Waals surface area contributed by atoms with Crippen LogP contribution in [0.15, 0.2) is 24.3 Å². The highest BCUT2D eigenvalue weighted by Gasteiger charge is 2.29. The normalized spacial score (nSPS) is 12.8. The van der Waals surface area contributed by atoms with Crippen LogP contribution in [0.5, 0.6) is 5.75 Å². The fourth-order valence-electron chi connectivity index (χ4n) is 2.86. The lowest BCUT2D eigenvalue weighted by Crippen LogP contribution is -2.15. The topological polar surface area (TPSA) is 55.4 Å². The lowest BCUT2D eigenvalue weighted by atomic mass is 9.99. The minimum Gasteiger partial charge on any atom is -0.496 e. The Balaban J connectivity index is 2.07. The van der Waals surface area contributed by atoms with Gasteiger partial charge in [0.05, 0.1) is 18.2 Å². The zero-order chi connectivity index (χ0) is 16.4. The van der Waals surface area contributed by atoms with Crippen molar-refractivity contribution in [1.29, 1.82) is 0 Å². The molecule has 1 aromatic carbocycles. The molecule has 1 aliphatic carbocycles. The molecule has 120 valence electrons. The van der Waals surface area contributed by atoms with E-state index in [4.69, 9.17) is 16.3 Å². The minimum absolute atomic E-state index is 0.119. The van der Waals surface area contributed by atoms with E-state index in [9.17, 15) is 9.59 Å². The molecule has 0 fully saturated rings. The number of carbonyl (C=O) groups is 2. The zero-order valence-corrected chi connectivity index (χ0v) is 14.2. The maximum atomic E-state index is 13.1. The maximum absolute atomic E-state index is 13.1. The molecule has 0 saturated carbocycles. The Hall–Kier alpha value is -1.85. The molecular formula is C17H16ClNO3S. The molecule has 1 heterocycles. The van der Waals surface area contributed by atoms with Gasteiger partial charge in [-0.2, -0.15) is 0 Å². The maximum Gasteiger partial charge on any atom is 0.239 e. The first-order valence-corrected chi connectivity index (χ1v) is 8.69. The molecule has 23 heavy (non-hydrogen) atoms. The van der Waals surface area contributed by atoms with E-state index in [0.717, 1.165) is 24.8 Å². The molecule has 3 rings (SSSR count). The number of fused-ring (bicyclic) bond motifs is 1. The second-order valence-corrected chi connectivity index (χ2v) is 6.65. The molecule has 2 aromatic rings. The number of rotatable bonds is 5. The quantitative estimate of drug-likeness (QED) is 0.662. The fourth-order valence-corrected chi connectivity index (χ4v) is 4.23. The van der Waals surface area contributed by atoms with E-state index >= 15 is 0 Å². The van der Waals surface area contributed by atoms with Crippen LogP contribution in [0.3, 0.4) is 0 Å².